The molecule has 0 unspecified atom stereocenters. The van der Waals surface area contributed by atoms with Gasteiger partial charge in [-0.05, 0) is 6.26 Å². The highest BCUT2D eigenvalue weighted by Gasteiger charge is 2.65. The van der Waals surface area contributed by atoms with E-state index in [2.05, 4.69) is 0 Å². The largest absolute Gasteiger partial charge is 0.631 e. The number of hydrogen-bond donors (Lipinski definition) is 0. The van der Waals surface area contributed by atoms with Gasteiger partial charge in [0.25, 0.3) is 5.24 Å². The van der Waals surface area contributed by atoms with Crippen LogP contribution in [0.2, 0.25) is 0 Å². The molecule has 0 aliphatic heterocycles. The zero-order chi connectivity index (χ0) is 18.6. The van der Waals surface area contributed by atoms with Crippen LogP contribution in [0, 0.1) is 40.5 Å². The minimum Gasteiger partial charge on any atom is -0.299 e. The summed E-state index contributed by atoms with van der Waals surface area (Å²) in [6.07, 6.45) is 0.978. The van der Waals surface area contributed by atoms with Crippen LogP contribution in [0.4, 0.5) is 13.6 Å². The van der Waals surface area contributed by atoms with Gasteiger partial charge in [-0.1, -0.05) is 20.5 Å². The lowest BCUT2D eigenvalue weighted by Crippen LogP contribution is -2.58. The number of amides is 1. The van der Waals surface area contributed by atoms with Crippen molar-refractivity contribution in [2.45, 2.75) is 11.8 Å². The Kier molecular flexibility index (Phi) is 6.20. The molecule has 0 aromatic carbocycles. The lowest BCUT2D eigenvalue weighted by atomic mass is 10.3. The third-order valence-corrected chi connectivity index (χ3v) is 2.94. The van der Waals surface area contributed by atoms with Gasteiger partial charge in [0, 0.05) is 0 Å². The number of carbonyl (C=O) groups excluding carboxylic acids is 1. The smallest absolute Gasteiger partial charge is 0.299 e. The van der Waals surface area contributed by atoms with E-state index in [4.69, 9.17) is 0 Å². The lowest BCUT2D eigenvalue weighted by molar-refractivity contribution is -0.836. The summed E-state index contributed by atoms with van der Waals surface area (Å²) in [5.74, 6) is -9.06. The second kappa shape index (κ2) is 7.03. The Morgan fingerprint density at radius 3 is 1.35 bits per heavy atom. The van der Waals surface area contributed by atoms with E-state index in [1.807, 2.05) is 0 Å². The maximum atomic E-state index is 13.7. The van der Waals surface area contributed by atoms with Gasteiger partial charge >= 0.3 is 11.8 Å². The van der Waals surface area contributed by atoms with E-state index in [1.54, 1.807) is 0 Å². The fourth-order valence-corrected chi connectivity index (χ4v) is 1.55. The molecule has 17 heteroatoms. The number of nitro groups is 4. The molecule has 0 bridgehead atoms. The van der Waals surface area contributed by atoms with Crippen molar-refractivity contribution < 1.29 is 33.3 Å². The Labute approximate surface area is 128 Å². The van der Waals surface area contributed by atoms with Crippen LogP contribution in [0.3, 0.4) is 0 Å². The van der Waals surface area contributed by atoms with Gasteiger partial charge in [0.15, 0.2) is 0 Å². The van der Waals surface area contributed by atoms with Gasteiger partial charge in [0.2, 0.25) is 13.1 Å². The SMILES string of the molecule is CSC(=O)N(CC(F)([N+](=O)[O-])[N+](=O)[O-])CC(F)([N+](=O)[O-])[N+](=O)[O-]. The summed E-state index contributed by atoms with van der Waals surface area (Å²) in [4.78, 5) is 44.5. The Bertz CT molecular complexity index is 491. The molecule has 0 saturated heterocycles. The normalized spacial score (nSPS) is 11.6. The number of thioether (sulfide) groups is 1. The molecular weight excluding hydrogens is 356 g/mol. The molecular formula is C6H7F2N5O9S. The average Bonchev–Trinajstić information content (AvgIpc) is 2.44. The van der Waals surface area contributed by atoms with Gasteiger partial charge in [0.1, 0.15) is 19.7 Å². The first-order chi connectivity index (χ1) is 10.3. The first kappa shape index (κ1) is 20.3. The van der Waals surface area contributed by atoms with E-state index in [0.29, 0.717) is 0 Å². The van der Waals surface area contributed by atoms with E-state index in [-0.39, 0.29) is 16.7 Å². The number of carbonyl (C=O) groups is 1. The van der Waals surface area contributed by atoms with Crippen LogP contribution in [-0.4, -0.2) is 61.0 Å². The summed E-state index contributed by atoms with van der Waals surface area (Å²) >= 11 is 0.124. The molecule has 14 nitrogen and oxygen atoms in total. The van der Waals surface area contributed by atoms with E-state index in [0.717, 1.165) is 6.26 Å². The molecule has 130 valence electrons. The van der Waals surface area contributed by atoms with Crippen LogP contribution in [0.5, 0.6) is 0 Å². The van der Waals surface area contributed by atoms with Crippen molar-refractivity contribution in [2.24, 2.45) is 0 Å². The molecule has 0 heterocycles. The summed E-state index contributed by atoms with van der Waals surface area (Å²) < 4.78 is 27.4. The summed E-state index contributed by atoms with van der Waals surface area (Å²) in [5, 5.41) is 40.2. The first-order valence-corrected chi connectivity index (χ1v) is 6.34. The zero-order valence-corrected chi connectivity index (χ0v) is 11.8. The first-order valence-electron chi connectivity index (χ1n) is 5.11. The van der Waals surface area contributed by atoms with Gasteiger partial charge in [-0.15, -0.1) is 0 Å². The number of hydrogen-bond acceptors (Lipinski definition) is 10. The predicted molar refractivity (Wildman–Crippen MR) is 66.1 cm³/mol. The van der Waals surface area contributed by atoms with E-state index >= 15 is 0 Å². The van der Waals surface area contributed by atoms with E-state index in [1.165, 1.54) is 0 Å². The highest BCUT2D eigenvalue weighted by atomic mass is 32.2. The summed E-state index contributed by atoms with van der Waals surface area (Å²) in [7, 11) is 0. The van der Waals surface area contributed by atoms with Crippen LogP contribution in [-0.2, 0) is 0 Å². The van der Waals surface area contributed by atoms with Crippen molar-refractivity contribution in [3.8, 4) is 0 Å². The zero-order valence-electron chi connectivity index (χ0n) is 11.0. The summed E-state index contributed by atoms with van der Waals surface area (Å²) in [6.45, 7) is -4.14. The van der Waals surface area contributed by atoms with Crippen LogP contribution in [0.25, 0.3) is 0 Å². The standard InChI is InChI=1S/C6H7F2N5O9S/c1-23-4(14)9(2-5(7,10(15)16)11(17)18)3-6(8,12(19)20)13(21)22/h2-3H2,1H3. The molecule has 0 radical (unpaired) electrons. The van der Waals surface area contributed by atoms with Crippen molar-refractivity contribution in [2.75, 3.05) is 19.3 Å². The van der Waals surface area contributed by atoms with E-state index < -0.39 is 49.9 Å². The Morgan fingerprint density at radius 1 is 0.913 bits per heavy atom. The highest BCUT2D eigenvalue weighted by Crippen LogP contribution is 2.22. The van der Waals surface area contributed by atoms with Crippen molar-refractivity contribution >= 4 is 17.0 Å². The topological polar surface area (TPSA) is 193 Å². The molecule has 0 spiro atoms. The Morgan fingerprint density at radius 2 is 1.17 bits per heavy atom. The molecule has 0 atom stereocenters. The van der Waals surface area contributed by atoms with Crippen molar-refractivity contribution in [1.29, 1.82) is 0 Å². The van der Waals surface area contributed by atoms with E-state index in [9.17, 15) is 54.0 Å². The number of nitrogens with zero attached hydrogens (tertiary/aromatic N) is 5. The average molecular weight is 363 g/mol. The van der Waals surface area contributed by atoms with Gasteiger partial charge in [-0.25, -0.2) is 0 Å². The van der Waals surface area contributed by atoms with Crippen molar-refractivity contribution in [3.63, 3.8) is 0 Å². The van der Waals surface area contributed by atoms with Crippen LogP contribution in [0.1, 0.15) is 0 Å². The quantitative estimate of drug-likeness (QED) is 0.247. The van der Waals surface area contributed by atoms with Crippen molar-refractivity contribution in [3.05, 3.63) is 40.5 Å². The minimum atomic E-state index is -4.53. The third-order valence-electron chi connectivity index (χ3n) is 2.34. The molecule has 0 aromatic heterocycles. The maximum absolute atomic E-state index is 13.7. The molecule has 0 aromatic rings. The number of halogens is 2. The summed E-state index contributed by atoms with van der Waals surface area (Å²) in [5.41, 5.74) is 0. The highest BCUT2D eigenvalue weighted by molar-refractivity contribution is 8.12. The van der Waals surface area contributed by atoms with Gasteiger partial charge in [-0.3, -0.25) is 50.2 Å². The molecule has 0 aliphatic carbocycles. The Hall–Kier alpha value is -2.72. The molecule has 0 saturated carbocycles. The van der Waals surface area contributed by atoms with Crippen LogP contribution in [0.15, 0.2) is 0 Å². The Balaban J connectivity index is 5.78. The van der Waals surface area contributed by atoms with Gasteiger partial charge in [0.05, 0.1) is 0 Å². The van der Waals surface area contributed by atoms with Crippen LogP contribution < -0.4 is 0 Å². The van der Waals surface area contributed by atoms with Gasteiger partial charge < -0.3 is 0 Å². The number of rotatable bonds is 8. The molecule has 0 N–H and O–H groups in total. The number of alkyl halides is 2. The second-order valence-corrected chi connectivity index (χ2v) is 4.55. The van der Waals surface area contributed by atoms with Crippen molar-refractivity contribution in [1.82, 2.24) is 4.90 Å². The maximum Gasteiger partial charge on any atom is 0.631 e. The van der Waals surface area contributed by atoms with Crippen LogP contribution >= 0.6 is 11.8 Å². The predicted octanol–water partition coefficient (Wildman–Crippen LogP) is 0.125. The minimum absolute atomic E-state index is 0.124. The molecule has 1 amide bonds. The fraction of sp³-hybridized carbons (Fsp3) is 0.833. The third kappa shape index (κ3) is 4.14. The lowest BCUT2D eigenvalue weighted by Gasteiger charge is -2.22. The molecule has 0 fully saturated rings. The molecule has 23 heavy (non-hydrogen) atoms. The molecule has 0 rings (SSSR count). The summed E-state index contributed by atoms with van der Waals surface area (Å²) in [6, 6.07) is 0. The fourth-order valence-electron chi connectivity index (χ4n) is 1.16. The second-order valence-electron chi connectivity index (χ2n) is 3.79. The monoisotopic (exact) mass is 363 g/mol. The van der Waals surface area contributed by atoms with Gasteiger partial charge in [-0.2, -0.15) is 0 Å². The molecule has 0 aliphatic rings.